The van der Waals surface area contributed by atoms with Crippen LogP contribution in [0.2, 0.25) is 20.1 Å². The Hall–Kier alpha value is -12.1. The van der Waals surface area contributed by atoms with Gasteiger partial charge in [-0.15, -0.1) is 0 Å². The number of likely N-dealkylation sites (tertiary alicyclic amines) is 3. The third kappa shape index (κ3) is 23.9. The van der Waals surface area contributed by atoms with Gasteiger partial charge in [0.25, 0.3) is 0 Å². The maximum atomic E-state index is 13.5. The number of aromatic nitrogens is 14. The molecular weight excluding hydrogens is 1850 g/mol. The zero-order valence-corrected chi connectivity index (χ0v) is 77.5. The van der Waals surface area contributed by atoms with E-state index in [9.17, 15) is 22.7 Å². The van der Waals surface area contributed by atoms with Gasteiger partial charge in [0.2, 0.25) is 0 Å². The van der Waals surface area contributed by atoms with Gasteiger partial charge in [0.05, 0.1) is 39.6 Å². The van der Waals surface area contributed by atoms with Gasteiger partial charge in [0, 0.05) is 116 Å². The molecule has 9 aromatic heterocycles. The molecule has 0 radical (unpaired) electrons. The Morgan fingerprint density at radius 1 is 0.394 bits per heavy atom. The summed E-state index contributed by atoms with van der Waals surface area (Å²) in [7, 11) is 1.77. The molecule has 132 heavy (non-hydrogen) atoms. The number of nitrogens with one attached hydrogen (secondary N) is 8. The summed E-state index contributed by atoms with van der Waals surface area (Å²) in [6, 6.07) is 51.8. The van der Waals surface area contributed by atoms with Gasteiger partial charge < -0.3 is 56.9 Å². The number of nitrogens with zero attached hydrogens (tertiary/aromatic N) is 17. The smallest absolute Gasteiger partial charge is 0.189 e. The Bertz CT molecular complexity index is 6790. The maximum absolute atomic E-state index is 13.5. The van der Waals surface area contributed by atoms with Gasteiger partial charge in [0.15, 0.2) is 66.4 Å². The Labute approximate surface area is 792 Å². The first-order chi connectivity index (χ1) is 64.2. The first kappa shape index (κ1) is 91.8. The molecule has 3 aliphatic rings. The average Bonchev–Trinajstić information content (AvgIpc) is 1.67. The molecule has 0 bridgehead atoms. The van der Waals surface area contributed by atoms with Crippen LogP contribution in [-0.2, 0) is 30.9 Å². The molecule has 3 fully saturated rings. The molecule has 39 heteroatoms. The van der Waals surface area contributed by atoms with Crippen molar-refractivity contribution < 1.29 is 27.4 Å². The molecule has 4 atom stereocenters. The number of hydrogen-bond donors (Lipinski definition) is 9. The number of thiazole rings is 4. The van der Waals surface area contributed by atoms with Crippen molar-refractivity contribution in [3.8, 4) is 0 Å². The molecule has 676 valence electrons. The van der Waals surface area contributed by atoms with E-state index < -0.39 is 23.3 Å². The van der Waals surface area contributed by atoms with Crippen molar-refractivity contribution in [1.29, 1.82) is 0 Å². The average molecular weight is 1930 g/mol. The Kier molecular flexibility index (Phi) is 30.0. The second-order valence-electron chi connectivity index (χ2n) is 31.9. The van der Waals surface area contributed by atoms with Crippen LogP contribution in [-0.4, -0.2) is 148 Å². The number of rotatable bonds is 27. The maximum Gasteiger partial charge on any atom is 0.189 e. The van der Waals surface area contributed by atoms with Gasteiger partial charge in [-0.25, -0.2) is 62.4 Å². The van der Waals surface area contributed by atoms with E-state index in [2.05, 4.69) is 209 Å². The number of benzene rings is 8. The highest BCUT2D eigenvalue weighted by Crippen LogP contribution is 2.40. The van der Waals surface area contributed by atoms with E-state index >= 15 is 0 Å². The summed E-state index contributed by atoms with van der Waals surface area (Å²) in [5, 5.41) is 38.5. The van der Waals surface area contributed by atoms with Crippen LogP contribution < -0.4 is 42.5 Å². The highest BCUT2D eigenvalue weighted by molar-refractivity contribution is 7.24. The molecule has 12 heterocycles. The number of piperidine rings is 1. The summed E-state index contributed by atoms with van der Waals surface area (Å²) in [6.45, 7) is 13.7. The second kappa shape index (κ2) is 43.1. The number of ether oxygens (including phenoxy) is 1. The van der Waals surface area contributed by atoms with E-state index in [0.717, 1.165) is 130 Å². The number of fused-ring (bicyclic) bond motifs is 4. The minimum absolute atomic E-state index is 0.0389. The van der Waals surface area contributed by atoms with Crippen LogP contribution in [0.25, 0.3) is 41.4 Å². The molecule has 0 saturated carbocycles. The summed E-state index contributed by atoms with van der Waals surface area (Å²) in [4.78, 5) is 64.0. The van der Waals surface area contributed by atoms with Gasteiger partial charge in [-0.1, -0.05) is 154 Å². The number of methoxy groups -OCH3 is 1. The number of aliphatic hydroxyl groups excluding tert-OH is 1. The van der Waals surface area contributed by atoms with Crippen LogP contribution in [0.4, 0.5) is 107 Å². The first-order valence-electron chi connectivity index (χ1n) is 42.3. The Balaban J connectivity index is 0.000000123. The molecule has 20 rings (SSSR count). The lowest BCUT2D eigenvalue weighted by Crippen LogP contribution is -2.38. The molecule has 2 unspecified atom stereocenters. The summed E-state index contributed by atoms with van der Waals surface area (Å²) in [5.74, 6) is 1.97. The van der Waals surface area contributed by atoms with E-state index in [1.165, 1.54) is 161 Å². The van der Waals surface area contributed by atoms with Crippen molar-refractivity contribution in [2.75, 3.05) is 89.0 Å². The summed E-state index contributed by atoms with van der Waals surface area (Å²) >= 11 is 29.3. The second-order valence-corrected chi connectivity index (χ2v) is 37.6. The number of halogens is 8. The fraction of sp³-hybridized carbons (Fsp3) is 0.237. The molecule has 8 aromatic carbocycles. The highest BCUT2D eigenvalue weighted by Gasteiger charge is 2.27. The van der Waals surface area contributed by atoms with E-state index in [0.29, 0.717) is 90.0 Å². The van der Waals surface area contributed by atoms with Crippen LogP contribution in [0.3, 0.4) is 0 Å². The molecule has 0 spiro atoms. The minimum Gasteiger partial charge on any atom is -0.395 e. The first-order valence-corrected chi connectivity index (χ1v) is 47.1. The van der Waals surface area contributed by atoms with Crippen LogP contribution in [0.15, 0.2) is 214 Å². The van der Waals surface area contributed by atoms with Crippen LogP contribution in [0, 0.1) is 35.1 Å². The fourth-order valence-corrected chi connectivity index (χ4v) is 20.0. The molecule has 0 amide bonds. The van der Waals surface area contributed by atoms with Crippen LogP contribution in [0.5, 0.6) is 0 Å². The SMILES string of the molecule is CC1CC(C)CN(Cc2ccc(Nc3nc4ncnc(Nc5ccc(F)c(Cl)c5)c4s3)cc2)C1.COC[C@@H]1CCCN1Cc1ccc(Nc2nc3ncnc(Nc4ccc(F)c(Cl)c4)c3s2)cc1.Fc1ccc(Nc2ncnc3nc(Nc4ccc(Cn5ccnc5)cc4)sc23)cc1Cl.OC[C@@H]1CCCN1Cc1ccc(Nc2nc3ncnc(Nc4ccc(F)c(Cl)c4)c3s2)cc1. The highest BCUT2D eigenvalue weighted by atomic mass is 35.5. The third-order valence-electron chi connectivity index (χ3n) is 21.9. The van der Waals surface area contributed by atoms with E-state index in [-0.39, 0.29) is 32.7 Å². The van der Waals surface area contributed by atoms with Gasteiger partial charge >= 0.3 is 0 Å². The van der Waals surface area contributed by atoms with Crippen molar-refractivity contribution in [1.82, 2.24) is 84.1 Å². The van der Waals surface area contributed by atoms with E-state index in [1.54, 1.807) is 43.9 Å². The molecule has 3 aliphatic heterocycles. The lowest BCUT2D eigenvalue weighted by atomic mass is 9.91. The summed E-state index contributed by atoms with van der Waals surface area (Å²) < 4.78 is 64.3. The molecule has 9 N–H and O–H groups in total. The van der Waals surface area contributed by atoms with E-state index in [1.807, 2.05) is 35.0 Å². The standard InChI is InChI=1S/C25H26ClFN6S.C24H24ClFN6OS.C23H22ClFN6OS.C21H15ClFN7S/c1-15-9-16(2)12-33(11-15)13-17-3-5-18(6-4-17)31-25-32-24-22(34-25)23(28-14-29-24)30-19-7-8-21(27)20(26)10-19;1-33-13-18-3-2-10-32(18)12-15-4-6-16(7-5-15)30-24-31-23-21(34-24)22(27-14-28-23)29-17-8-9-20(26)19(25)11-17;24-18-10-16(7-8-19(18)25)28-21-20-22(27-13-26-21)30-23(33-20)29-15-5-3-14(4-6-15)11-31-9-1-2-17(31)12-32;22-16-9-15(5-6-17(16)23)27-19-18-20(26-11-25-19)29-21(31-18)28-14-3-1-13(2-4-14)10-30-8-7-24-12-30/h3-8,10,14-16H,9,11-13H2,1-2H3,(H2,28,29,30,31,32);4-9,11,14,18H,2-3,10,12-13H2,1H3,(H2,27,28,29,30,31);3-8,10,13,17,32H,1-2,9,11-12H2,(H2,26,27,28,29,30);1-9,11-12H,10H2,(H2,25,26,27,28,29)/t;18-;17-;/m.00./s1. The Morgan fingerprint density at radius 3 is 1.02 bits per heavy atom. The number of aliphatic hydroxyl groups is 1. The zero-order valence-electron chi connectivity index (χ0n) is 71.2. The summed E-state index contributed by atoms with van der Waals surface area (Å²) in [5.41, 5.74) is 13.5. The topological polar surface area (TPSA) is 308 Å². The molecule has 27 nitrogen and oxygen atoms in total. The van der Waals surface area contributed by atoms with Crippen molar-refractivity contribution in [3.05, 3.63) is 280 Å². The molecule has 17 aromatic rings. The monoisotopic (exact) mass is 1930 g/mol. The van der Waals surface area contributed by atoms with Gasteiger partial charge in [-0.05, 0) is 201 Å². The predicted molar refractivity (Wildman–Crippen MR) is 524 cm³/mol. The molecular formula is C93H87Cl4F4N25O2S4. The van der Waals surface area contributed by atoms with Crippen molar-refractivity contribution in [2.24, 2.45) is 11.8 Å². The van der Waals surface area contributed by atoms with Crippen LogP contribution in [0.1, 0.15) is 68.2 Å². The van der Waals surface area contributed by atoms with Crippen molar-refractivity contribution in [2.45, 2.75) is 84.2 Å². The molecule has 3 saturated heterocycles. The summed E-state index contributed by atoms with van der Waals surface area (Å²) in [6.07, 6.45) is 17.2. The normalized spacial score (nSPS) is 15.7. The van der Waals surface area contributed by atoms with Crippen LogP contribution >= 0.6 is 91.8 Å². The van der Waals surface area contributed by atoms with Gasteiger partial charge in [-0.2, -0.15) is 19.9 Å². The molecule has 0 aliphatic carbocycles. The van der Waals surface area contributed by atoms with Gasteiger partial charge in [-0.3, -0.25) is 14.7 Å². The quantitative estimate of drug-likeness (QED) is 0.0216. The lowest BCUT2D eigenvalue weighted by Gasteiger charge is -2.35. The fourth-order valence-electron chi connectivity index (χ4n) is 15.7. The number of anilines is 16. The Morgan fingerprint density at radius 2 is 0.705 bits per heavy atom. The van der Waals surface area contributed by atoms with Gasteiger partial charge in [0.1, 0.15) is 67.4 Å². The lowest BCUT2D eigenvalue weighted by molar-refractivity contribution is 0.112. The largest absolute Gasteiger partial charge is 0.395 e. The van der Waals surface area contributed by atoms with Crippen molar-refractivity contribution >= 4 is 222 Å². The predicted octanol–water partition coefficient (Wildman–Crippen LogP) is 23.8. The number of imidazole rings is 1. The number of hydrogen-bond acceptors (Lipinski definition) is 30. The third-order valence-corrected chi connectivity index (χ3v) is 27.0. The van der Waals surface area contributed by atoms with Crippen molar-refractivity contribution in [3.63, 3.8) is 0 Å². The zero-order chi connectivity index (χ0) is 91.1. The minimum atomic E-state index is -0.473. The van der Waals surface area contributed by atoms with E-state index in [4.69, 9.17) is 51.1 Å².